The fraction of sp³-hybridized carbons (Fsp3) is 0.263. The third-order valence-electron chi connectivity index (χ3n) is 4.09. The lowest BCUT2D eigenvalue weighted by molar-refractivity contribution is -0.146. The van der Waals surface area contributed by atoms with Crippen LogP contribution in [0.1, 0.15) is 25.0 Å². The van der Waals surface area contributed by atoms with Crippen LogP contribution in [0.2, 0.25) is 0 Å². The Morgan fingerprint density at radius 2 is 1.68 bits per heavy atom. The van der Waals surface area contributed by atoms with Crippen LogP contribution in [0.25, 0.3) is 11.0 Å². The first-order chi connectivity index (χ1) is 12.0. The Hall–Kier alpha value is -3.02. The number of hydrogen-bond donors (Lipinski definition) is 2. The normalized spacial score (nSPS) is 11.4. The second-order valence-electron chi connectivity index (χ2n) is 6.62. The minimum Gasteiger partial charge on any atom is -0.481 e. The smallest absolute Gasteiger partial charge is 0.309 e. The third-order valence-corrected chi connectivity index (χ3v) is 4.09. The number of carbonyl (C=O) groups is 1. The number of aromatic nitrogens is 3. The Labute approximate surface area is 146 Å². The molecule has 2 aromatic heterocycles. The zero-order valence-electron chi connectivity index (χ0n) is 14.2. The van der Waals surface area contributed by atoms with Crippen LogP contribution in [-0.4, -0.2) is 26.0 Å². The lowest BCUT2D eigenvalue weighted by atomic mass is 9.86. The molecule has 0 aliphatic rings. The zero-order valence-corrected chi connectivity index (χ0v) is 14.2. The lowest BCUT2D eigenvalue weighted by Crippen LogP contribution is -2.26. The summed E-state index contributed by atoms with van der Waals surface area (Å²) in [6.45, 7) is 4.07. The summed E-state index contributed by atoms with van der Waals surface area (Å²) in [7, 11) is 0. The molecule has 1 aromatic carbocycles. The number of aliphatic carboxylic acids is 1. The lowest BCUT2D eigenvalue weighted by Gasteiger charge is -2.19. The van der Waals surface area contributed by atoms with Crippen LogP contribution in [0.3, 0.4) is 0 Å². The molecule has 6 nitrogen and oxygen atoms in total. The van der Waals surface area contributed by atoms with Crippen molar-refractivity contribution in [2.24, 2.45) is 5.41 Å². The van der Waals surface area contributed by atoms with Gasteiger partial charge in [-0.25, -0.2) is 9.97 Å². The van der Waals surface area contributed by atoms with Crippen molar-refractivity contribution in [2.45, 2.75) is 26.8 Å². The topological polar surface area (TPSA) is 88.0 Å². The number of benzene rings is 1. The van der Waals surface area contributed by atoms with Gasteiger partial charge in [-0.05, 0) is 37.5 Å². The van der Waals surface area contributed by atoms with Gasteiger partial charge in [0, 0.05) is 25.1 Å². The second kappa shape index (κ2) is 6.84. The highest BCUT2D eigenvalue weighted by Crippen LogP contribution is 2.22. The van der Waals surface area contributed by atoms with Crippen molar-refractivity contribution in [1.29, 1.82) is 0 Å². The summed E-state index contributed by atoms with van der Waals surface area (Å²) in [5.74, 6) is -0.0944. The van der Waals surface area contributed by atoms with Gasteiger partial charge in [-0.3, -0.25) is 9.78 Å². The van der Waals surface area contributed by atoms with E-state index in [1.54, 1.807) is 32.4 Å². The van der Waals surface area contributed by atoms with Crippen LogP contribution in [0.4, 0.5) is 5.82 Å². The SMILES string of the molecule is CC(C)(Cc1ccc(CNc2nccc3nccnc23)cc1)C(=O)O. The predicted octanol–water partition coefficient (Wildman–Crippen LogP) is 3.29. The summed E-state index contributed by atoms with van der Waals surface area (Å²) in [4.78, 5) is 24.1. The highest BCUT2D eigenvalue weighted by atomic mass is 16.4. The molecule has 25 heavy (non-hydrogen) atoms. The average Bonchev–Trinajstić information content (AvgIpc) is 2.60. The summed E-state index contributed by atoms with van der Waals surface area (Å²) in [6.07, 6.45) is 5.50. The van der Waals surface area contributed by atoms with Crippen molar-refractivity contribution < 1.29 is 9.90 Å². The van der Waals surface area contributed by atoms with Gasteiger partial charge in [-0.1, -0.05) is 24.3 Å². The van der Waals surface area contributed by atoms with E-state index in [2.05, 4.69) is 20.3 Å². The van der Waals surface area contributed by atoms with Gasteiger partial charge in [-0.2, -0.15) is 0 Å². The number of anilines is 1. The molecule has 0 saturated carbocycles. The van der Waals surface area contributed by atoms with Crippen molar-refractivity contribution in [3.8, 4) is 0 Å². The highest BCUT2D eigenvalue weighted by molar-refractivity contribution is 5.84. The summed E-state index contributed by atoms with van der Waals surface area (Å²) >= 11 is 0. The summed E-state index contributed by atoms with van der Waals surface area (Å²) in [5.41, 5.74) is 2.85. The first-order valence-corrected chi connectivity index (χ1v) is 8.06. The van der Waals surface area contributed by atoms with Gasteiger partial charge < -0.3 is 10.4 Å². The van der Waals surface area contributed by atoms with Crippen molar-refractivity contribution in [3.05, 3.63) is 60.0 Å². The molecule has 3 aromatic rings. The van der Waals surface area contributed by atoms with Gasteiger partial charge in [-0.15, -0.1) is 0 Å². The van der Waals surface area contributed by atoms with Crippen LogP contribution < -0.4 is 5.32 Å². The fourth-order valence-electron chi connectivity index (χ4n) is 2.57. The molecule has 0 aliphatic heterocycles. The Morgan fingerprint density at radius 1 is 1.00 bits per heavy atom. The van der Waals surface area contributed by atoms with E-state index in [0.29, 0.717) is 18.8 Å². The van der Waals surface area contributed by atoms with Crippen LogP contribution in [0.15, 0.2) is 48.9 Å². The van der Waals surface area contributed by atoms with Gasteiger partial charge in [0.15, 0.2) is 5.82 Å². The van der Waals surface area contributed by atoms with Crippen molar-refractivity contribution in [3.63, 3.8) is 0 Å². The number of nitrogens with one attached hydrogen (secondary N) is 1. The van der Waals surface area contributed by atoms with E-state index < -0.39 is 11.4 Å². The average molecular weight is 336 g/mol. The van der Waals surface area contributed by atoms with Gasteiger partial charge in [0.05, 0.1) is 10.9 Å². The molecule has 2 N–H and O–H groups in total. The Kier molecular flexibility index (Phi) is 4.61. The molecular formula is C19H20N4O2. The van der Waals surface area contributed by atoms with E-state index in [1.807, 2.05) is 30.3 Å². The van der Waals surface area contributed by atoms with Gasteiger partial charge >= 0.3 is 5.97 Å². The summed E-state index contributed by atoms with van der Waals surface area (Å²) in [5, 5.41) is 12.5. The van der Waals surface area contributed by atoms with E-state index in [1.165, 1.54) is 0 Å². The standard InChI is InChI=1S/C19H20N4O2/c1-19(2,18(24)25)11-13-3-5-14(6-4-13)12-23-17-16-15(7-8-22-17)20-9-10-21-16/h3-10H,11-12H2,1-2H3,(H,22,23)(H,24,25). The Balaban J connectivity index is 1.69. The van der Waals surface area contributed by atoms with E-state index in [0.717, 1.165) is 22.2 Å². The van der Waals surface area contributed by atoms with Crippen molar-refractivity contribution >= 4 is 22.8 Å². The minimum atomic E-state index is -0.790. The molecule has 0 aliphatic carbocycles. The molecule has 0 saturated heterocycles. The Bertz CT molecular complexity index is 886. The van der Waals surface area contributed by atoms with Gasteiger partial charge in [0.2, 0.25) is 0 Å². The zero-order chi connectivity index (χ0) is 17.9. The number of carboxylic acid groups (broad SMARTS) is 1. The molecule has 0 unspecified atom stereocenters. The summed E-state index contributed by atoms with van der Waals surface area (Å²) in [6, 6.07) is 9.76. The highest BCUT2D eigenvalue weighted by Gasteiger charge is 2.27. The monoisotopic (exact) mass is 336 g/mol. The van der Waals surface area contributed by atoms with E-state index in [9.17, 15) is 9.90 Å². The molecule has 0 bridgehead atoms. The minimum absolute atomic E-state index is 0.497. The molecule has 128 valence electrons. The van der Waals surface area contributed by atoms with Crippen molar-refractivity contribution in [2.75, 3.05) is 5.32 Å². The Morgan fingerprint density at radius 3 is 2.40 bits per heavy atom. The molecule has 0 amide bonds. The van der Waals surface area contributed by atoms with E-state index in [4.69, 9.17) is 0 Å². The van der Waals surface area contributed by atoms with Crippen LogP contribution in [0.5, 0.6) is 0 Å². The van der Waals surface area contributed by atoms with Crippen LogP contribution in [-0.2, 0) is 17.8 Å². The number of hydrogen-bond acceptors (Lipinski definition) is 5. The number of pyridine rings is 1. The number of fused-ring (bicyclic) bond motifs is 1. The van der Waals surface area contributed by atoms with E-state index >= 15 is 0 Å². The number of nitrogens with zero attached hydrogens (tertiary/aromatic N) is 3. The molecule has 3 rings (SSSR count). The second-order valence-corrected chi connectivity index (χ2v) is 6.62. The molecule has 0 spiro atoms. The van der Waals surface area contributed by atoms with Gasteiger partial charge in [0.1, 0.15) is 5.52 Å². The van der Waals surface area contributed by atoms with Crippen LogP contribution in [0, 0.1) is 5.41 Å². The number of carboxylic acids is 1. The fourth-order valence-corrected chi connectivity index (χ4v) is 2.57. The summed E-state index contributed by atoms with van der Waals surface area (Å²) < 4.78 is 0. The largest absolute Gasteiger partial charge is 0.481 e. The molecule has 0 radical (unpaired) electrons. The molecule has 2 heterocycles. The molecule has 0 fully saturated rings. The molecule has 0 atom stereocenters. The number of rotatable bonds is 6. The maximum absolute atomic E-state index is 11.2. The first kappa shape index (κ1) is 16.8. The van der Waals surface area contributed by atoms with Crippen LogP contribution >= 0.6 is 0 Å². The van der Waals surface area contributed by atoms with Crippen molar-refractivity contribution in [1.82, 2.24) is 15.0 Å². The maximum Gasteiger partial charge on any atom is 0.309 e. The quantitative estimate of drug-likeness (QED) is 0.718. The third kappa shape index (κ3) is 3.91. The maximum atomic E-state index is 11.2. The predicted molar refractivity (Wildman–Crippen MR) is 96.2 cm³/mol. The van der Waals surface area contributed by atoms with Gasteiger partial charge in [0.25, 0.3) is 0 Å². The van der Waals surface area contributed by atoms with E-state index in [-0.39, 0.29) is 0 Å². The molecule has 6 heteroatoms. The first-order valence-electron chi connectivity index (χ1n) is 8.06. The molecular weight excluding hydrogens is 316 g/mol.